The molecule has 0 aliphatic carbocycles. The topological polar surface area (TPSA) is 67.4 Å². The summed E-state index contributed by atoms with van der Waals surface area (Å²) in [7, 11) is -1.97. The van der Waals surface area contributed by atoms with Gasteiger partial charge in [0.1, 0.15) is 0 Å². The average molecular weight is 284 g/mol. The van der Waals surface area contributed by atoms with Crippen molar-refractivity contribution in [3.05, 3.63) is 23.8 Å². The second-order valence-corrected chi connectivity index (χ2v) is 6.68. The normalized spacial score (nSPS) is 19.6. The maximum Gasteiger partial charge on any atom is 0.240 e. The number of benzene rings is 1. The molecule has 19 heavy (non-hydrogen) atoms. The van der Waals surface area contributed by atoms with Gasteiger partial charge in [0.05, 0.1) is 11.5 Å². The minimum Gasteiger partial charge on any atom is -0.384 e. The molecule has 1 aromatic rings. The second-order valence-electron chi connectivity index (χ2n) is 4.79. The van der Waals surface area contributed by atoms with Gasteiger partial charge >= 0.3 is 0 Å². The van der Waals surface area contributed by atoms with Gasteiger partial charge in [-0.1, -0.05) is 6.07 Å². The van der Waals surface area contributed by atoms with Crippen LogP contribution in [-0.4, -0.2) is 35.2 Å². The minimum absolute atomic E-state index is 0.283. The zero-order chi connectivity index (χ0) is 13.9. The lowest BCUT2D eigenvalue weighted by atomic mass is 10.1. The van der Waals surface area contributed by atoms with Crippen LogP contribution in [0.5, 0.6) is 0 Å². The molecule has 0 bridgehead atoms. The number of hydrogen-bond acceptors (Lipinski definition) is 4. The van der Waals surface area contributed by atoms with E-state index in [1.165, 1.54) is 7.05 Å². The zero-order valence-electron chi connectivity index (χ0n) is 11.3. The minimum atomic E-state index is -3.39. The van der Waals surface area contributed by atoms with Gasteiger partial charge in [-0.3, -0.25) is 0 Å². The third-order valence-corrected chi connectivity index (χ3v) is 4.81. The van der Waals surface area contributed by atoms with Gasteiger partial charge in [0, 0.05) is 24.8 Å². The number of nitrogens with one attached hydrogen (secondary N) is 2. The molecule has 1 aliphatic heterocycles. The average Bonchev–Trinajstić information content (AvgIpc) is 2.90. The standard InChI is InChI=1S/C13H20N2O3S/c1-10-3-4-12(19(16,17)14-2)7-13(10)15-8-11-5-6-18-9-11/h3-4,7,11,14-15H,5-6,8-9H2,1-2H3. The van der Waals surface area contributed by atoms with Gasteiger partial charge in [0.15, 0.2) is 0 Å². The quantitative estimate of drug-likeness (QED) is 0.856. The molecule has 0 radical (unpaired) electrons. The fourth-order valence-corrected chi connectivity index (χ4v) is 2.83. The van der Waals surface area contributed by atoms with E-state index < -0.39 is 10.0 Å². The van der Waals surface area contributed by atoms with Crippen molar-refractivity contribution in [3.8, 4) is 0 Å². The third-order valence-electron chi connectivity index (χ3n) is 3.39. The first-order valence-corrected chi connectivity index (χ1v) is 7.87. The highest BCUT2D eigenvalue weighted by Crippen LogP contribution is 2.21. The molecule has 0 amide bonds. The lowest BCUT2D eigenvalue weighted by molar-refractivity contribution is 0.187. The monoisotopic (exact) mass is 284 g/mol. The number of anilines is 1. The third kappa shape index (κ3) is 3.46. The summed E-state index contributed by atoms with van der Waals surface area (Å²) in [5.74, 6) is 0.504. The van der Waals surface area contributed by atoms with E-state index in [9.17, 15) is 8.42 Å². The van der Waals surface area contributed by atoms with Crippen LogP contribution >= 0.6 is 0 Å². The Hall–Kier alpha value is -1.11. The van der Waals surface area contributed by atoms with Gasteiger partial charge in [-0.2, -0.15) is 0 Å². The Kier molecular flexibility index (Phi) is 4.44. The summed E-state index contributed by atoms with van der Waals surface area (Å²) in [6, 6.07) is 5.11. The van der Waals surface area contributed by atoms with Crippen molar-refractivity contribution in [1.29, 1.82) is 0 Å². The number of hydrogen-bond donors (Lipinski definition) is 2. The van der Waals surface area contributed by atoms with Crippen molar-refractivity contribution in [2.75, 3.05) is 32.1 Å². The Morgan fingerprint density at radius 1 is 1.42 bits per heavy atom. The number of aryl methyl sites for hydroxylation is 1. The summed E-state index contributed by atoms with van der Waals surface area (Å²) >= 11 is 0. The van der Waals surface area contributed by atoms with Crippen molar-refractivity contribution in [1.82, 2.24) is 4.72 Å². The van der Waals surface area contributed by atoms with Gasteiger partial charge in [0.2, 0.25) is 10.0 Å². The molecule has 2 rings (SSSR count). The van der Waals surface area contributed by atoms with Gasteiger partial charge < -0.3 is 10.1 Å². The van der Waals surface area contributed by atoms with Crippen molar-refractivity contribution >= 4 is 15.7 Å². The predicted molar refractivity (Wildman–Crippen MR) is 74.8 cm³/mol. The highest BCUT2D eigenvalue weighted by atomic mass is 32.2. The van der Waals surface area contributed by atoms with Crippen LogP contribution in [0.1, 0.15) is 12.0 Å². The van der Waals surface area contributed by atoms with Crippen LogP contribution < -0.4 is 10.0 Å². The van der Waals surface area contributed by atoms with Gasteiger partial charge in [0.25, 0.3) is 0 Å². The zero-order valence-corrected chi connectivity index (χ0v) is 12.1. The number of rotatable bonds is 5. The smallest absolute Gasteiger partial charge is 0.240 e. The van der Waals surface area contributed by atoms with E-state index in [0.717, 1.165) is 37.4 Å². The summed E-state index contributed by atoms with van der Waals surface area (Å²) in [6.45, 7) is 4.37. The SMILES string of the molecule is CNS(=O)(=O)c1ccc(C)c(NCC2CCOC2)c1. The first-order chi connectivity index (χ1) is 9.03. The molecule has 1 saturated heterocycles. The van der Waals surface area contributed by atoms with Crippen LogP contribution in [0.15, 0.2) is 23.1 Å². The lowest BCUT2D eigenvalue weighted by Crippen LogP contribution is -2.19. The van der Waals surface area contributed by atoms with Crippen molar-refractivity contribution in [2.45, 2.75) is 18.2 Å². The van der Waals surface area contributed by atoms with Crippen molar-refractivity contribution < 1.29 is 13.2 Å². The summed E-state index contributed by atoms with van der Waals surface area (Å²) < 4.78 is 31.2. The molecule has 5 nitrogen and oxygen atoms in total. The van der Waals surface area contributed by atoms with Crippen LogP contribution in [0.2, 0.25) is 0 Å². The molecule has 1 fully saturated rings. The van der Waals surface area contributed by atoms with Gasteiger partial charge in [-0.25, -0.2) is 13.1 Å². The van der Waals surface area contributed by atoms with Gasteiger partial charge in [-0.15, -0.1) is 0 Å². The molecule has 2 N–H and O–H groups in total. The summed E-state index contributed by atoms with van der Waals surface area (Å²) in [5, 5.41) is 3.32. The Bertz CT molecular complexity index is 537. The van der Waals surface area contributed by atoms with E-state index in [0.29, 0.717) is 5.92 Å². The largest absolute Gasteiger partial charge is 0.384 e. The maximum absolute atomic E-state index is 11.8. The Balaban J connectivity index is 2.13. The Morgan fingerprint density at radius 2 is 2.21 bits per heavy atom. The molecule has 6 heteroatoms. The van der Waals surface area contributed by atoms with E-state index >= 15 is 0 Å². The van der Waals surface area contributed by atoms with Crippen LogP contribution in [0, 0.1) is 12.8 Å². The highest BCUT2D eigenvalue weighted by molar-refractivity contribution is 7.89. The molecule has 106 valence electrons. The summed E-state index contributed by atoms with van der Waals surface area (Å²) in [5.41, 5.74) is 1.90. The molecule has 1 aromatic carbocycles. The van der Waals surface area contributed by atoms with Gasteiger partial charge in [-0.05, 0) is 38.1 Å². The van der Waals surface area contributed by atoms with Crippen LogP contribution in [-0.2, 0) is 14.8 Å². The highest BCUT2D eigenvalue weighted by Gasteiger charge is 2.17. The molecule has 0 aromatic heterocycles. The first kappa shape index (κ1) is 14.3. The van der Waals surface area contributed by atoms with Crippen molar-refractivity contribution in [3.63, 3.8) is 0 Å². The van der Waals surface area contributed by atoms with E-state index in [1.54, 1.807) is 12.1 Å². The van der Waals surface area contributed by atoms with E-state index in [2.05, 4.69) is 10.0 Å². The maximum atomic E-state index is 11.8. The van der Waals surface area contributed by atoms with Crippen LogP contribution in [0.4, 0.5) is 5.69 Å². The molecule has 1 heterocycles. The summed E-state index contributed by atoms with van der Waals surface area (Å²) in [6.07, 6.45) is 1.06. The van der Waals surface area contributed by atoms with E-state index in [4.69, 9.17) is 4.74 Å². The fraction of sp³-hybridized carbons (Fsp3) is 0.538. The second kappa shape index (κ2) is 5.90. The molecule has 0 spiro atoms. The molecule has 1 aliphatic rings. The summed E-state index contributed by atoms with van der Waals surface area (Å²) in [4.78, 5) is 0.283. The number of sulfonamides is 1. The lowest BCUT2D eigenvalue weighted by Gasteiger charge is -2.14. The fourth-order valence-electron chi connectivity index (χ4n) is 2.08. The Morgan fingerprint density at radius 3 is 2.84 bits per heavy atom. The molecule has 1 atom stereocenters. The Labute approximate surface area is 114 Å². The number of ether oxygens (including phenoxy) is 1. The predicted octanol–water partition coefficient (Wildman–Crippen LogP) is 1.35. The van der Waals surface area contributed by atoms with Crippen LogP contribution in [0.3, 0.4) is 0 Å². The first-order valence-electron chi connectivity index (χ1n) is 6.39. The molecule has 0 saturated carbocycles. The molecular weight excluding hydrogens is 264 g/mol. The molecular formula is C13H20N2O3S. The van der Waals surface area contributed by atoms with Crippen LogP contribution in [0.25, 0.3) is 0 Å². The van der Waals surface area contributed by atoms with E-state index in [1.807, 2.05) is 13.0 Å². The van der Waals surface area contributed by atoms with Crippen molar-refractivity contribution in [2.24, 2.45) is 5.92 Å². The molecule has 1 unspecified atom stereocenters. The van der Waals surface area contributed by atoms with E-state index in [-0.39, 0.29) is 4.90 Å².